The SMILES string of the molecule is CC(C)=CCCC(C)=CCCC(C)=CCCC(C)=CCCC(C)=CCCC(C)CC(=O)O. The van der Waals surface area contributed by atoms with Crippen LogP contribution in [-0.4, -0.2) is 11.1 Å². The highest BCUT2D eigenvalue weighted by atomic mass is 16.4. The highest BCUT2D eigenvalue weighted by Gasteiger charge is 2.06. The topological polar surface area (TPSA) is 37.3 Å². The van der Waals surface area contributed by atoms with Crippen LogP contribution < -0.4 is 0 Å². The molecule has 0 spiro atoms. The van der Waals surface area contributed by atoms with Crippen LogP contribution in [0, 0.1) is 5.92 Å². The summed E-state index contributed by atoms with van der Waals surface area (Å²) in [7, 11) is 0. The fraction of sp³-hybridized carbons (Fsp3) is 0.633. The molecule has 2 nitrogen and oxygen atoms in total. The van der Waals surface area contributed by atoms with Crippen LogP contribution in [0.1, 0.15) is 119 Å². The lowest BCUT2D eigenvalue weighted by Crippen LogP contribution is -2.03. The Balaban J connectivity index is 4.08. The Hall–Kier alpha value is -1.83. The maximum Gasteiger partial charge on any atom is 0.303 e. The summed E-state index contributed by atoms with van der Waals surface area (Å²) in [5.41, 5.74) is 7.31. The molecule has 0 heterocycles. The molecule has 32 heavy (non-hydrogen) atoms. The third kappa shape index (κ3) is 20.1. The van der Waals surface area contributed by atoms with Gasteiger partial charge in [0.2, 0.25) is 0 Å². The van der Waals surface area contributed by atoms with Crippen molar-refractivity contribution in [3.8, 4) is 0 Å². The number of rotatable bonds is 17. The van der Waals surface area contributed by atoms with Gasteiger partial charge in [-0.15, -0.1) is 0 Å². The van der Waals surface area contributed by atoms with Crippen molar-refractivity contribution in [1.29, 1.82) is 0 Å². The molecule has 1 unspecified atom stereocenters. The van der Waals surface area contributed by atoms with Gasteiger partial charge in [0.25, 0.3) is 0 Å². The van der Waals surface area contributed by atoms with E-state index in [4.69, 9.17) is 5.11 Å². The molecule has 0 aromatic rings. The van der Waals surface area contributed by atoms with Gasteiger partial charge in [0.1, 0.15) is 0 Å². The Kier molecular flexibility index (Phi) is 17.6. The quantitative estimate of drug-likeness (QED) is 0.228. The van der Waals surface area contributed by atoms with Crippen LogP contribution in [0.5, 0.6) is 0 Å². The summed E-state index contributed by atoms with van der Waals surface area (Å²) in [6.07, 6.45) is 23.1. The average molecular weight is 443 g/mol. The largest absolute Gasteiger partial charge is 0.481 e. The Morgan fingerprint density at radius 3 is 1.31 bits per heavy atom. The molecule has 0 fully saturated rings. The summed E-state index contributed by atoms with van der Waals surface area (Å²) in [4.78, 5) is 10.7. The molecule has 0 aliphatic heterocycles. The number of hydrogen-bond donors (Lipinski definition) is 1. The summed E-state index contributed by atoms with van der Waals surface area (Å²) < 4.78 is 0. The molecule has 0 aromatic heterocycles. The second-order valence-electron chi connectivity index (χ2n) is 9.92. The third-order valence-corrected chi connectivity index (χ3v) is 5.86. The Morgan fingerprint density at radius 2 is 0.969 bits per heavy atom. The fourth-order valence-electron chi connectivity index (χ4n) is 3.65. The van der Waals surface area contributed by atoms with E-state index in [1.165, 1.54) is 34.3 Å². The van der Waals surface area contributed by atoms with Crippen molar-refractivity contribution in [3.63, 3.8) is 0 Å². The van der Waals surface area contributed by atoms with Crippen LogP contribution in [0.25, 0.3) is 0 Å². The molecule has 2 heteroatoms. The maximum absolute atomic E-state index is 10.7. The Bertz CT molecular complexity index is 682. The van der Waals surface area contributed by atoms with Gasteiger partial charge >= 0.3 is 5.97 Å². The van der Waals surface area contributed by atoms with E-state index in [2.05, 4.69) is 71.9 Å². The van der Waals surface area contributed by atoms with E-state index >= 15 is 0 Å². The lowest BCUT2D eigenvalue weighted by molar-refractivity contribution is -0.138. The molecule has 0 saturated heterocycles. The molecule has 0 aromatic carbocycles. The molecular weight excluding hydrogens is 392 g/mol. The van der Waals surface area contributed by atoms with Crippen molar-refractivity contribution in [2.24, 2.45) is 5.92 Å². The van der Waals surface area contributed by atoms with Gasteiger partial charge < -0.3 is 5.11 Å². The number of carboxylic acids is 1. The summed E-state index contributed by atoms with van der Waals surface area (Å²) in [5, 5.41) is 8.82. The smallest absolute Gasteiger partial charge is 0.303 e. The molecule has 0 aliphatic carbocycles. The second-order valence-corrected chi connectivity index (χ2v) is 9.92. The highest BCUT2D eigenvalue weighted by molar-refractivity contribution is 5.66. The number of carbonyl (C=O) groups is 1. The van der Waals surface area contributed by atoms with E-state index in [0.29, 0.717) is 0 Å². The van der Waals surface area contributed by atoms with E-state index in [1.54, 1.807) is 0 Å². The predicted molar refractivity (Wildman–Crippen MR) is 142 cm³/mol. The zero-order chi connectivity index (χ0) is 24.4. The van der Waals surface area contributed by atoms with Crippen molar-refractivity contribution in [3.05, 3.63) is 58.2 Å². The van der Waals surface area contributed by atoms with Gasteiger partial charge in [-0.3, -0.25) is 4.79 Å². The van der Waals surface area contributed by atoms with E-state index < -0.39 is 5.97 Å². The van der Waals surface area contributed by atoms with E-state index in [-0.39, 0.29) is 12.3 Å². The first-order valence-corrected chi connectivity index (χ1v) is 12.6. The first-order chi connectivity index (χ1) is 15.1. The monoisotopic (exact) mass is 442 g/mol. The molecule has 0 radical (unpaired) electrons. The van der Waals surface area contributed by atoms with Crippen molar-refractivity contribution in [2.75, 3.05) is 0 Å². The molecule has 0 bridgehead atoms. The minimum atomic E-state index is -0.693. The van der Waals surface area contributed by atoms with Crippen molar-refractivity contribution >= 4 is 5.97 Å². The van der Waals surface area contributed by atoms with Gasteiger partial charge in [0.15, 0.2) is 0 Å². The number of hydrogen-bond acceptors (Lipinski definition) is 1. The zero-order valence-electron chi connectivity index (χ0n) is 22.1. The van der Waals surface area contributed by atoms with Gasteiger partial charge in [-0.1, -0.05) is 65.2 Å². The molecule has 0 saturated carbocycles. The van der Waals surface area contributed by atoms with Gasteiger partial charge in [0.05, 0.1) is 0 Å². The zero-order valence-corrected chi connectivity index (χ0v) is 22.1. The van der Waals surface area contributed by atoms with Gasteiger partial charge in [-0.2, -0.15) is 0 Å². The molecule has 0 rings (SSSR count). The summed E-state index contributed by atoms with van der Waals surface area (Å²) in [6, 6.07) is 0. The van der Waals surface area contributed by atoms with Crippen LogP contribution in [0.15, 0.2) is 58.2 Å². The van der Waals surface area contributed by atoms with Crippen molar-refractivity contribution in [1.82, 2.24) is 0 Å². The Morgan fingerprint density at radius 1 is 0.625 bits per heavy atom. The van der Waals surface area contributed by atoms with Crippen LogP contribution in [0.2, 0.25) is 0 Å². The lowest BCUT2D eigenvalue weighted by atomic mass is 10.00. The fourth-order valence-corrected chi connectivity index (χ4v) is 3.65. The van der Waals surface area contributed by atoms with Gasteiger partial charge in [-0.05, 0) is 112 Å². The highest BCUT2D eigenvalue weighted by Crippen LogP contribution is 2.16. The van der Waals surface area contributed by atoms with Crippen LogP contribution >= 0.6 is 0 Å². The number of carboxylic acid groups (broad SMARTS) is 1. The van der Waals surface area contributed by atoms with E-state index in [0.717, 1.165) is 57.8 Å². The lowest BCUT2D eigenvalue weighted by Gasteiger charge is -2.06. The van der Waals surface area contributed by atoms with Crippen molar-refractivity contribution < 1.29 is 9.90 Å². The third-order valence-electron chi connectivity index (χ3n) is 5.86. The summed E-state index contributed by atoms with van der Waals surface area (Å²) in [6.45, 7) is 15.3. The standard InChI is InChI=1S/C30H50O2/c1-24(2)13-8-14-25(3)15-9-16-26(4)17-10-18-27(5)19-11-20-28(6)21-12-22-29(7)23-30(31)32/h13,15,17,19,21,29H,8-12,14,16,18,20,22-23H2,1-7H3,(H,31,32). The second kappa shape index (κ2) is 18.7. The minimum Gasteiger partial charge on any atom is -0.481 e. The van der Waals surface area contributed by atoms with Crippen LogP contribution in [-0.2, 0) is 4.79 Å². The molecule has 182 valence electrons. The Labute approximate surface area is 199 Å². The first kappa shape index (κ1) is 30.2. The minimum absolute atomic E-state index is 0.253. The summed E-state index contributed by atoms with van der Waals surface area (Å²) in [5.74, 6) is -0.440. The summed E-state index contributed by atoms with van der Waals surface area (Å²) >= 11 is 0. The normalized spacial score (nSPS) is 14.5. The first-order valence-electron chi connectivity index (χ1n) is 12.6. The average Bonchev–Trinajstić information content (AvgIpc) is 2.67. The number of allylic oxidation sites excluding steroid dienone is 10. The molecule has 1 atom stereocenters. The molecular formula is C30H50O2. The van der Waals surface area contributed by atoms with E-state index in [1.807, 2.05) is 6.92 Å². The van der Waals surface area contributed by atoms with Crippen LogP contribution in [0.3, 0.4) is 0 Å². The van der Waals surface area contributed by atoms with Gasteiger partial charge in [0, 0.05) is 6.42 Å². The maximum atomic E-state index is 10.7. The molecule has 0 aliphatic rings. The molecule has 1 N–H and O–H groups in total. The van der Waals surface area contributed by atoms with Crippen LogP contribution in [0.4, 0.5) is 0 Å². The van der Waals surface area contributed by atoms with E-state index in [9.17, 15) is 4.79 Å². The van der Waals surface area contributed by atoms with Gasteiger partial charge in [-0.25, -0.2) is 0 Å². The number of aliphatic carboxylic acids is 1. The van der Waals surface area contributed by atoms with Crippen molar-refractivity contribution in [2.45, 2.75) is 119 Å². The molecule has 0 amide bonds. The predicted octanol–water partition coefficient (Wildman–Crippen LogP) is 9.75.